The van der Waals surface area contributed by atoms with Gasteiger partial charge in [-0.2, -0.15) is 4.37 Å². The van der Waals surface area contributed by atoms with Gasteiger partial charge in [-0.1, -0.05) is 24.3 Å². The van der Waals surface area contributed by atoms with E-state index in [4.69, 9.17) is 0 Å². The van der Waals surface area contributed by atoms with Gasteiger partial charge in [-0.25, -0.2) is 4.98 Å². The summed E-state index contributed by atoms with van der Waals surface area (Å²) in [5.41, 5.74) is 1.12. The van der Waals surface area contributed by atoms with Gasteiger partial charge in [0.15, 0.2) is 0 Å². The predicted molar refractivity (Wildman–Crippen MR) is 85.9 cm³/mol. The van der Waals surface area contributed by atoms with Crippen molar-refractivity contribution in [3.8, 4) is 10.6 Å². The SMILES string of the molecule is Brc1nsc(-c2ccc3sc4ccccc4c3c2)n1. The molecule has 0 aliphatic rings. The molecule has 0 aliphatic heterocycles. The van der Waals surface area contributed by atoms with Crippen LogP contribution in [0.25, 0.3) is 30.7 Å². The van der Waals surface area contributed by atoms with Crippen LogP contribution in [-0.2, 0) is 0 Å². The van der Waals surface area contributed by atoms with E-state index in [9.17, 15) is 0 Å². The number of halogens is 1. The van der Waals surface area contributed by atoms with Crippen LogP contribution in [0.1, 0.15) is 0 Å². The summed E-state index contributed by atoms with van der Waals surface area (Å²) in [6.07, 6.45) is 0. The van der Waals surface area contributed by atoms with Gasteiger partial charge in [0, 0.05) is 25.7 Å². The van der Waals surface area contributed by atoms with Gasteiger partial charge in [-0.3, -0.25) is 0 Å². The highest BCUT2D eigenvalue weighted by atomic mass is 79.9. The summed E-state index contributed by atoms with van der Waals surface area (Å²) in [6, 6.07) is 15.0. The number of thiophene rings is 1. The summed E-state index contributed by atoms with van der Waals surface area (Å²) in [7, 11) is 0. The summed E-state index contributed by atoms with van der Waals surface area (Å²) < 4.78 is 7.47. The van der Waals surface area contributed by atoms with Crippen LogP contribution in [-0.4, -0.2) is 9.36 Å². The summed E-state index contributed by atoms with van der Waals surface area (Å²) in [6.45, 7) is 0. The van der Waals surface area contributed by atoms with E-state index in [1.165, 1.54) is 31.7 Å². The van der Waals surface area contributed by atoms with Crippen molar-refractivity contribution in [2.75, 3.05) is 0 Å². The van der Waals surface area contributed by atoms with Crippen LogP contribution < -0.4 is 0 Å². The molecule has 2 nitrogen and oxygen atoms in total. The maximum Gasteiger partial charge on any atom is 0.209 e. The van der Waals surface area contributed by atoms with Gasteiger partial charge in [-0.05, 0) is 45.7 Å². The maximum absolute atomic E-state index is 4.38. The molecule has 0 spiro atoms. The van der Waals surface area contributed by atoms with Crippen LogP contribution in [0.2, 0.25) is 0 Å². The number of rotatable bonds is 1. The average molecular weight is 347 g/mol. The zero-order valence-corrected chi connectivity index (χ0v) is 12.8. The van der Waals surface area contributed by atoms with Crippen molar-refractivity contribution in [1.82, 2.24) is 9.36 Å². The molecule has 0 fully saturated rings. The quantitative estimate of drug-likeness (QED) is 0.465. The van der Waals surface area contributed by atoms with Crippen molar-refractivity contribution < 1.29 is 0 Å². The van der Waals surface area contributed by atoms with Crippen LogP contribution >= 0.6 is 38.8 Å². The minimum absolute atomic E-state index is 0.655. The Balaban J connectivity index is 2.02. The fourth-order valence-corrected chi connectivity index (χ4v) is 4.34. The molecule has 0 aliphatic carbocycles. The smallest absolute Gasteiger partial charge is 0.209 e. The lowest BCUT2D eigenvalue weighted by molar-refractivity contribution is 1.26. The van der Waals surface area contributed by atoms with E-state index in [-0.39, 0.29) is 0 Å². The first-order valence-electron chi connectivity index (χ1n) is 5.72. The van der Waals surface area contributed by atoms with Crippen molar-refractivity contribution in [2.45, 2.75) is 0 Å². The molecule has 2 heterocycles. The average Bonchev–Trinajstić information content (AvgIpc) is 3.01. The van der Waals surface area contributed by atoms with Gasteiger partial charge in [-0.15, -0.1) is 11.3 Å². The van der Waals surface area contributed by atoms with Gasteiger partial charge in [0.1, 0.15) is 5.01 Å². The van der Waals surface area contributed by atoms with E-state index in [1.54, 1.807) is 0 Å². The fraction of sp³-hybridized carbons (Fsp3) is 0. The molecular formula is C14H7BrN2S2. The number of fused-ring (bicyclic) bond motifs is 3. The Hall–Kier alpha value is -1.30. The summed E-state index contributed by atoms with van der Waals surface area (Å²) >= 11 is 6.55. The number of hydrogen-bond donors (Lipinski definition) is 0. The summed E-state index contributed by atoms with van der Waals surface area (Å²) in [5, 5.41) is 3.56. The number of benzene rings is 2. The lowest BCUT2D eigenvalue weighted by Gasteiger charge is -1.96. The van der Waals surface area contributed by atoms with Gasteiger partial charge in [0.25, 0.3) is 0 Å². The molecular weight excluding hydrogens is 340 g/mol. The Morgan fingerprint density at radius 2 is 1.79 bits per heavy atom. The number of aromatic nitrogens is 2. The molecule has 19 heavy (non-hydrogen) atoms. The van der Waals surface area contributed by atoms with Crippen molar-refractivity contribution in [3.63, 3.8) is 0 Å². The molecule has 0 atom stereocenters. The molecule has 4 aromatic rings. The molecule has 0 radical (unpaired) electrons. The third-order valence-corrected chi connectivity index (χ3v) is 5.53. The largest absolute Gasteiger partial charge is 0.209 e. The second kappa shape index (κ2) is 4.37. The summed E-state index contributed by atoms with van der Waals surface area (Å²) in [5.74, 6) is 0. The Morgan fingerprint density at radius 1 is 0.947 bits per heavy atom. The van der Waals surface area contributed by atoms with Gasteiger partial charge in [0.05, 0.1) is 0 Å². The minimum Gasteiger partial charge on any atom is -0.209 e. The Bertz CT molecular complexity index is 895. The molecule has 0 bridgehead atoms. The van der Waals surface area contributed by atoms with Gasteiger partial charge < -0.3 is 0 Å². The third-order valence-electron chi connectivity index (χ3n) is 3.02. The Morgan fingerprint density at radius 3 is 2.63 bits per heavy atom. The number of hydrogen-bond acceptors (Lipinski definition) is 4. The molecule has 92 valence electrons. The van der Waals surface area contributed by atoms with Crippen LogP contribution in [0.15, 0.2) is 47.2 Å². The van der Waals surface area contributed by atoms with E-state index in [1.807, 2.05) is 11.3 Å². The fourth-order valence-electron chi connectivity index (χ4n) is 2.18. The van der Waals surface area contributed by atoms with Crippen molar-refractivity contribution in [1.29, 1.82) is 0 Å². The Labute approximate surface area is 126 Å². The molecule has 0 saturated carbocycles. The first-order valence-corrected chi connectivity index (χ1v) is 8.10. The molecule has 0 amide bonds. The highest BCUT2D eigenvalue weighted by molar-refractivity contribution is 9.10. The molecule has 5 heteroatoms. The predicted octanol–water partition coefficient (Wildman–Crippen LogP) is 5.34. The topological polar surface area (TPSA) is 25.8 Å². The normalized spacial score (nSPS) is 11.4. The lowest BCUT2D eigenvalue weighted by Crippen LogP contribution is -1.75. The zero-order valence-electron chi connectivity index (χ0n) is 9.63. The highest BCUT2D eigenvalue weighted by Gasteiger charge is 2.09. The maximum atomic E-state index is 4.38. The first-order chi connectivity index (χ1) is 9.31. The highest BCUT2D eigenvalue weighted by Crippen LogP contribution is 2.36. The number of nitrogens with zero attached hydrogens (tertiary/aromatic N) is 2. The molecule has 0 unspecified atom stereocenters. The minimum atomic E-state index is 0.655. The van der Waals surface area contributed by atoms with Gasteiger partial charge in [0.2, 0.25) is 4.73 Å². The van der Waals surface area contributed by atoms with Crippen molar-refractivity contribution >= 4 is 59.0 Å². The Kier molecular flexibility index (Phi) is 2.65. The monoisotopic (exact) mass is 346 g/mol. The standard InChI is InChI=1S/C14H7BrN2S2/c15-14-16-13(19-17-14)8-5-6-12-10(7-8)9-3-1-2-4-11(9)18-12/h1-7H. The second-order valence-corrected chi connectivity index (χ2v) is 6.72. The van der Waals surface area contributed by atoms with Crippen LogP contribution in [0.3, 0.4) is 0 Å². The first kappa shape index (κ1) is 11.5. The van der Waals surface area contributed by atoms with E-state index in [0.717, 1.165) is 10.6 Å². The molecule has 0 saturated heterocycles. The molecule has 4 rings (SSSR count). The van der Waals surface area contributed by atoms with Crippen molar-refractivity contribution in [3.05, 3.63) is 47.2 Å². The second-order valence-electron chi connectivity index (χ2n) is 4.18. The van der Waals surface area contributed by atoms with E-state index < -0.39 is 0 Å². The van der Waals surface area contributed by atoms with Gasteiger partial charge >= 0.3 is 0 Å². The van der Waals surface area contributed by atoms with E-state index >= 15 is 0 Å². The zero-order chi connectivity index (χ0) is 12.8. The lowest BCUT2D eigenvalue weighted by atomic mass is 10.1. The van der Waals surface area contributed by atoms with Crippen molar-refractivity contribution in [2.24, 2.45) is 0 Å². The van der Waals surface area contributed by atoms with E-state index in [0.29, 0.717) is 4.73 Å². The third kappa shape index (κ3) is 1.89. The van der Waals surface area contributed by atoms with Crippen LogP contribution in [0, 0.1) is 0 Å². The molecule has 2 aromatic heterocycles. The van der Waals surface area contributed by atoms with Crippen LogP contribution in [0.5, 0.6) is 0 Å². The molecule has 2 aromatic carbocycles. The molecule has 0 N–H and O–H groups in total. The van der Waals surface area contributed by atoms with Crippen LogP contribution in [0.4, 0.5) is 0 Å². The van der Waals surface area contributed by atoms with E-state index in [2.05, 4.69) is 67.8 Å². The summed E-state index contributed by atoms with van der Waals surface area (Å²) in [4.78, 5) is 4.38.